The number of carbonyl (C=O) groups excluding carboxylic acids is 1. The summed E-state index contributed by atoms with van der Waals surface area (Å²) in [5, 5.41) is 10.9. The van der Waals surface area contributed by atoms with Crippen molar-refractivity contribution in [3.05, 3.63) is 62.9 Å². The first-order chi connectivity index (χ1) is 13.4. The van der Waals surface area contributed by atoms with E-state index in [0.29, 0.717) is 31.7 Å². The molecule has 0 spiro atoms. The van der Waals surface area contributed by atoms with E-state index in [1.807, 2.05) is 31.2 Å². The highest BCUT2D eigenvalue weighted by Gasteiger charge is 2.12. The van der Waals surface area contributed by atoms with Gasteiger partial charge >= 0.3 is 0 Å². The van der Waals surface area contributed by atoms with Gasteiger partial charge in [-0.15, -0.1) is 5.10 Å². The summed E-state index contributed by atoms with van der Waals surface area (Å²) in [6.07, 6.45) is 0. The zero-order chi connectivity index (χ0) is 20.1. The summed E-state index contributed by atoms with van der Waals surface area (Å²) in [5.41, 5.74) is 1.50. The highest BCUT2D eigenvalue weighted by atomic mass is 35.5. The molecule has 0 atom stereocenters. The van der Waals surface area contributed by atoms with Gasteiger partial charge in [0.2, 0.25) is 11.1 Å². The van der Waals surface area contributed by atoms with Gasteiger partial charge in [-0.2, -0.15) is 0 Å². The Hall–Kier alpha value is -1.93. The van der Waals surface area contributed by atoms with Crippen LogP contribution in [0.2, 0.25) is 15.1 Å². The van der Waals surface area contributed by atoms with E-state index in [0.717, 1.165) is 11.3 Å². The lowest BCUT2D eigenvalue weighted by Crippen LogP contribution is -2.14. The van der Waals surface area contributed by atoms with E-state index in [-0.39, 0.29) is 18.3 Å². The molecular weight excluding hydrogens is 443 g/mol. The number of carbonyl (C=O) groups is 1. The molecule has 6 nitrogen and oxygen atoms in total. The Morgan fingerprint density at radius 1 is 1.18 bits per heavy atom. The molecule has 0 bridgehead atoms. The molecular formula is C18H15Cl3N4O2S. The average molecular weight is 458 g/mol. The van der Waals surface area contributed by atoms with Gasteiger partial charge in [-0.3, -0.25) is 9.89 Å². The molecule has 2 N–H and O–H groups in total. The SMILES string of the molecule is Cc1cccc(OCc2nc(SCC(=O)Nc3cc(Cl)c(Cl)cc3Cl)n[nH]2)c1. The minimum absolute atomic E-state index is 0.104. The first-order valence-electron chi connectivity index (χ1n) is 8.08. The van der Waals surface area contributed by atoms with Crippen LogP contribution in [0.15, 0.2) is 41.6 Å². The molecule has 0 fully saturated rings. The van der Waals surface area contributed by atoms with E-state index in [9.17, 15) is 4.79 Å². The van der Waals surface area contributed by atoms with Gasteiger partial charge in [-0.25, -0.2) is 4.98 Å². The first-order valence-corrected chi connectivity index (χ1v) is 10.2. The molecule has 1 aromatic heterocycles. The smallest absolute Gasteiger partial charge is 0.234 e. The molecule has 146 valence electrons. The predicted octanol–water partition coefficient (Wildman–Crippen LogP) is 5.38. The second-order valence-corrected chi connectivity index (χ2v) is 7.92. The maximum Gasteiger partial charge on any atom is 0.234 e. The van der Waals surface area contributed by atoms with E-state index in [4.69, 9.17) is 39.5 Å². The van der Waals surface area contributed by atoms with Crippen molar-refractivity contribution < 1.29 is 9.53 Å². The number of ether oxygens (including phenoxy) is 1. The van der Waals surface area contributed by atoms with Gasteiger partial charge in [0.1, 0.15) is 12.4 Å². The van der Waals surface area contributed by atoms with Crippen LogP contribution in [0.25, 0.3) is 0 Å². The molecule has 0 radical (unpaired) electrons. The molecule has 0 aliphatic rings. The van der Waals surface area contributed by atoms with Gasteiger partial charge in [0.05, 0.1) is 26.5 Å². The number of nitrogens with zero attached hydrogens (tertiary/aromatic N) is 2. The molecule has 0 saturated carbocycles. The molecule has 3 aromatic rings. The molecule has 1 heterocycles. The molecule has 0 aliphatic heterocycles. The lowest BCUT2D eigenvalue weighted by Gasteiger charge is -2.08. The van der Waals surface area contributed by atoms with Gasteiger partial charge in [0, 0.05) is 0 Å². The van der Waals surface area contributed by atoms with Crippen LogP contribution < -0.4 is 10.1 Å². The number of H-pyrrole nitrogens is 1. The normalized spacial score (nSPS) is 10.7. The number of thioether (sulfide) groups is 1. The van der Waals surface area contributed by atoms with Crippen LogP contribution in [0.5, 0.6) is 5.75 Å². The topological polar surface area (TPSA) is 79.9 Å². The zero-order valence-electron chi connectivity index (χ0n) is 14.6. The summed E-state index contributed by atoms with van der Waals surface area (Å²) in [6, 6.07) is 10.7. The number of benzene rings is 2. The third-order valence-corrected chi connectivity index (χ3v) is 5.37. The molecule has 2 aromatic carbocycles. The van der Waals surface area contributed by atoms with Gasteiger partial charge < -0.3 is 10.1 Å². The van der Waals surface area contributed by atoms with Crippen LogP contribution >= 0.6 is 46.6 Å². The Labute approximate surface area is 180 Å². The molecule has 1 amide bonds. The Bertz CT molecular complexity index is 997. The fourth-order valence-electron chi connectivity index (χ4n) is 2.20. The molecule has 0 unspecified atom stereocenters. The highest BCUT2D eigenvalue weighted by molar-refractivity contribution is 7.99. The highest BCUT2D eigenvalue weighted by Crippen LogP contribution is 2.32. The maximum atomic E-state index is 12.1. The zero-order valence-corrected chi connectivity index (χ0v) is 17.7. The van der Waals surface area contributed by atoms with Crippen LogP contribution in [-0.4, -0.2) is 26.8 Å². The minimum atomic E-state index is -0.271. The molecule has 0 aliphatic carbocycles. The van der Waals surface area contributed by atoms with Gasteiger partial charge in [0.25, 0.3) is 0 Å². The third-order valence-electron chi connectivity index (χ3n) is 3.49. The Morgan fingerprint density at radius 2 is 1.96 bits per heavy atom. The van der Waals surface area contributed by atoms with Crippen LogP contribution in [0.4, 0.5) is 5.69 Å². The number of amides is 1. The van der Waals surface area contributed by atoms with Crippen molar-refractivity contribution in [3.8, 4) is 5.75 Å². The molecule has 28 heavy (non-hydrogen) atoms. The van der Waals surface area contributed by atoms with Crippen molar-refractivity contribution in [2.45, 2.75) is 18.7 Å². The van der Waals surface area contributed by atoms with Gasteiger partial charge in [-0.1, -0.05) is 58.7 Å². The summed E-state index contributed by atoms with van der Waals surface area (Å²) >= 11 is 19.1. The quantitative estimate of drug-likeness (QED) is 0.367. The van der Waals surface area contributed by atoms with Gasteiger partial charge in [0.15, 0.2) is 5.82 Å². The number of nitrogens with one attached hydrogen (secondary N) is 2. The van der Waals surface area contributed by atoms with Crippen molar-refractivity contribution in [2.75, 3.05) is 11.1 Å². The van der Waals surface area contributed by atoms with Gasteiger partial charge in [-0.05, 0) is 36.8 Å². The van der Waals surface area contributed by atoms with Crippen LogP contribution in [-0.2, 0) is 11.4 Å². The molecule has 0 saturated heterocycles. The maximum absolute atomic E-state index is 12.1. The summed E-state index contributed by atoms with van der Waals surface area (Å²) < 4.78 is 5.66. The summed E-state index contributed by atoms with van der Waals surface area (Å²) in [5.74, 6) is 1.15. The summed E-state index contributed by atoms with van der Waals surface area (Å²) in [7, 11) is 0. The second-order valence-electron chi connectivity index (χ2n) is 5.75. The Balaban J connectivity index is 1.50. The van der Waals surface area contributed by atoms with E-state index in [1.54, 1.807) is 0 Å². The van der Waals surface area contributed by atoms with Crippen LogP contribution in [0.3, 0.4) is 0 Å². The fourth-order valence-corrected chi connectivity index (χ4v) is 3.41. The van der Waals surface area contributed by atoms with Crippen molar-refractivity contribution in [2.24, 2.45) is 0 Å². The fraction of sp³-hybridized carbons (Fsp3) is 0.167. The second kappa shape index (κ2) is 9.52. The van der Waals surface area contributed by atoms with E-state index >= 15 is 0 Å². The lowest BCUT2D eigenvalue weighted by molar-refractivity contribution is -0.113. The Morgan fingerprint density at radius 3 is 2.75 bits per heavy atom. The number of rotatable bonds is 7. The van der Waals surface area contributed by atoms with E-state index in [1.165, 1.54) is 23.9 Å². The minimum Gasteiger partial charge on any atom is -0.486 e. The van der Waals surface area contributed by atoms with Crippen molar-refractivity contribution in [3.63, 3.8) is 0 Å². The van der Waals surface area contributed by atoms with Crippen LogP contribution in [0, 0.1) is 6.92 Å². The number of aryl methyl sites for hydroxylation is 1. The van der Waals surface area contributed by atoms with Crippen molar-refractivity contribution in [1.29, 1.82) is 0 Å². The molecule has 3 rings (SSSR count). The number of hydrogen-bond acceptors (Lipinski definition) is 5. The lowest BCUT2D eigenvalue weighted by atomic mass is 10.2. The Kier molecular flexibility index (Phi) is 7.07. The predicted molar refractivity (Wildman–Crippen MR) is 113 cm³/mol. The third kappa shape index (κ3) is 5.78. The van der Waals surface area contributed by atoms with Crippen LogP contribution in [0.1, 0.15) is 11.4 Å². The standard InChI is InChI=1S/C18H15Cl3N4O2S/c1-10-3-2-4-11(5-10)27-8-16-23-18(25-24-16)28-9-17(26)22-15-7-13(20)12(19)6-14(15)21/h2-7H,8-9H2,1H3,(H,22,26)(H,23,24,25). The molecule has 10 heteroatoms. The van der Waals surface area contributed by atoms with Crippen molar-refractivity contribution in [1.82, 2.24) is 15.2 Å². The number of aromatic nitrogens is 3. The van der Waals surface area contributed by atoms with E-state index in [2.05, 4.69) is 20.5 Å². The summed E-state index contributed by atoms with van der Waals surface area (Å²) in [6.45, 7) is 2.24. The number of aromatic amines is 1. The monoisotopic (exact) mass is 456 g/mol. The number of anilines is 1. The number of halogens is 3. The summed E-state index contributed by atoms with van der Waals surface area (Å²) in [4.78, 5) is 16.4. The average Bonchev–Trinajstić information content (AvgIpc) is 3.11. The largest absolute Gasteiger partial charge is 0.486 e. The van der Waals surface area contributed by atoms with Crippen molar-refractivity contribution >= 4 is 58.2 Å². The number of hydrogen-bond donors (Lipinski definition) is 2. The first kappa shape index (κ1) is 20.8. The van der Waals surface area contributed by atoms with E-state index < -0.39 is 0 Å².